The van der Waals surface area contributed by atoms with Gasteiger partial charge in [0.25, 0.3) is 0 Å². The number of sulfonamides is 1. The van der Waals surface area contributed by atoms with Crippen LogP contribution in [0.25, 0.3) is 0 Å². The number of benzene rings is 1. The van der Waals surface area contributed by atoms with E-state index in [0.29, 0.717) is 16.9 Å². The smallest absolute Gasteiger partial charge is 0.358 e. The molecule has 1 N–H and O–H groups in total. The fraction of sp³-hybridized carbons (Fsp3) is 0.389. The van der Waals surface area contributed by atoms with Gasteiger partial charge in [-0.2, -0.15) is 17.9 Å². The number of likely N-dealkylation sites (N-methyl/N-ethyl adjacent to an activating group) is 1. The van der Waals surface area contributed by atoms with Gasteiger partial charge in [0.2, 0.25) is 10.0 Å². The zero-order chi connectivity index (χ0) is 20.4. The molecular formula is C18H22F3N3O2S. The van der Waals surface area contributed by atoms with Gasteiger partial charge in [0.1, 0.15) is 11.9 Å². The van der Waals surface area contributed by atoms with Crippen molar-refractivity contribution in [3.8, 4) is 0 Å². The summed E-state index contributed by atoms with van der Waals surface area (Å²) in [6, 6.07) is 5.81. The molecule has 9 heteroatoms. The molecule has 0 saturated heterocycles. The third-order valence-corrected chi connectivity index (χ3v) is 5.84. The maximum Gasteiger partial charge on any atom is 0.406 e. The third kappa shape index (κ3) is 5.20. The number of aromatic nitrogens is 1. The van der Waals surface area contributed by atoms with Gasteiger partial charge in [-0.3, -0.25) is 0 Å². The molecule has 0 spiro atoms. The molecule has 0 aliphatic heterocycles. The van der Waals surface area contributed by atoms with Crippen molar-refractivity contribution in [2.24, 2.45) is 0 Å². The van der Waals surface area contributed by atoms with E-state index in [1.54, 1.807) is 51.1 Å². The van der Waals surface area contributed by atoms with E-state index < -0.39 is 28.8 Å². The Bertz CT molecular complexity index is 877. The SMILES string of the molecule is Cc1cc(C)c(S(=O)(=O)NC(CN(C)c2ccccn2)C(F)(F)F)c(C)c1. The molecule has 0 bridgehead atoms. The summed E-state index contributed by atoms with van der Waals surface area (Å²) in [5, 5.41) is 0. The highest BCUT2D eigenvalue weighted by Gasteiger charge is 2.43. The second-order valence-corrected chi connectivity index (χ2v) is 8.16. The highest BCUT2D eigenvalue weighted by Crippen LogP contribution is 2.26. The molecule has 0 aliphatic rings. The Morgan fingerprint density at radius 1 is 1.15 bits per heavy atom. The minimum Gasteiger partial charge on any atom is -0.358 e. The van der Waals surface area contributed by atoms with Crippen molar-refractivity contribution in [3.63, 3.8) is 0 Å². The summed E-state index contributed by atoms with van der Waals surface area (Å²) in [5.41, 5.74) is 1.64. The molecule has 27 heavy (non-hydrogen) atoms. The first kappa shape index (κ1) is 21.2. The Hall–Kier alpha value is -2.13. The zero-order valence-electron chi connectivity index (χ0n) is 15.5. The molecule has 0 radical (unpaired) electrons. The lowest BCUT2D eigenvalue weighted by molar-refractivity contribution is -0.149. The molecule has 1 atom stereocenters. The highest BCUT2D eigenvalue weighted by molar-refractivity contribution is 7.89. The van der Waals surface area contributed by atoms with E-state index in [9.17, 15) is 21.6 Å². The van der Waals surface area contributed by atoms with Crippen LogP contribution in [0.4, 0.5) is 19.0 Å². The molecule has 0 amide bonds. The Kier molecular flexibility index (Phi) is 6.16. The first-order chi connectivity index (χ1) is 12.4. The van der Waals surface area contributed by atoms with E-state index in [2.05, 4.69) is 4.98 Å². The summed E-state index contributed by atoms with van der Waals surface area (Å²) in [6.07, 6.45) is -3.31. The topological polar surface area (TPSA) is 62.3 Å². The normalized spacial score (nSPS) is 13.4. The predicted octanol–water partition coefficient (Wildman–Crippen LogP) is 3.35. The van der Waals surface area contributed by atoms with Crippen LogP contribution in [0.15, 0.2) is 41.4 Å². The highest BCUT2D eigenvalue weighted by atomic mass is 32.2. The number of hydrogen-bond acceptors (Lipinski definition) is 4. The molecule has 1 unspecified atom stereocenters. The Morgan fingerprint density at radius 3 is 2.22 bits per heavy atom. The van der Waals surface area contributed by atoms with Crippen LogP contribution < -0.4 is 9.62 Å². The number of nitrogens with one attached hydrogen (secondary N) is 1. The van der Waals surface area contributed by atoms with Crippen LogP contribution in [0.3, 0.4) is 0 Å². The summed E-state index contributed by atoms with van der Waals surface area (Å²) >= 11 is 0. The summed E-state index contributed by atoms with van der Waals surface area (Å²) in [5.74, 6) is 0.314. The minimum absolute atomic E-state index is 0.122. The average molecular weight is 401 g/mol. The van der Waals surface area contributed by atoms with Gasteiger partial charge in [0.15, 0.2) is 0 Å². The monoisotopic (exact) mass is 401 g/mol. The number of anilines is 1. The zero-order valence-corrected chi connectivity index (χ0v) is 16.3. The van der Waals surface area contributed by atoms with Gasteiger partial charge in [0.05, 0.1) is 4.90 Å². The van der Waals surface area contributed by atoms with E-state index in [0.717, 1.165) is 5.56 Å². The first-order valence-electron chi connectivity index (χ1n) is 8.21. The number of rotatable bonds is 6. The third-order valence-electron chi connectivity index (χ3n) is 4.06. The number of halogens is 3. The fourth-order valence-corrected chi connectivity index (χ4v) is 4.66. The second kappa shape index (κ2) is 7.85. The van der Waals surface area contributed by atoms with Crippen LogP contribution >= 0.6 is 0 Å². The van der Waals surface area contributed by atoms with Gasteiger partial charge < -0.3 is 4.90 Å². The molecule has 0 aliphatic carbocycles. The fourth-order valence-electron chi connectivity index (χ4n) is 2.99. The van der Waals surface area contributed by atoms with Crippen LogP contribution in [0.5, 0.6) is 0 Å². The Labute approximate surface area is 157 Å². The molecule has 1 heterocycles. The summed E-state index contributed by atoms with van der Waals surface area (Å²) in [7, 11) is -2.94. The van der Waals surface area contributed by atoms with E-state index in [1.165, 1.54) is 18.1 Å². The van der Waals surface area contributed by atoms with Crippen LogP contribution in [0, 0.1) is 20.8 Å². The molecule has 2 rings (SSSR count). The van der Waals surface area contributed by atoms with E-state index >= 15 is 0 Å². The van der Waals surface area contributed by atoms with Gasteiger partial charge in [0, 0.05) is 19.8 Å². The van der Waals surface area contributed by atoms with Crippen molar-refractivity contribution in [1.82, 2.24) is 9.71 Å². The van der Waals surface area contributed by atoms with E-state index in [-0.39, 0.29) is 4.90 Å². The Morgan fingerprint density at radius 2 is 1.74 bits per heavy atom. The molecule has 0 fully saturated rings. The number of pyridine rings is 1. The average Bonchev–Trinajstić information content (AvgIpc) is 2.52. The molecule has 1 aromatic carbocycles. The summed E-state index contributed by atoms with van der Waals surface area (Å²) in [4.78, 5) is 5.12. The lowest BCUT2D eigenvalue weighted by Gasteiger charge is -2.27. The first-order valence-corrected chi connectivity index (χ1v) is 9.69. The van der Waals surface area contributed by atoms with Gasteiger partial charge in [-0.25, -0.2) is 13.4 Å². The van der Waals surface area contributed by atoms with Crippen molar-refractivity contribution in [2.75, 3.05) is 18.5 Å². The molecule has 5 nitrogen and oxygen atoms in total. The standard InChI is InChI=1S/C18H22F3N3O2S/c1-12-9-13(2)17(14(3)10-12)27(25,26)23-15(18(19,20)21)11-24(4)16-7-5-6-8-22-16/h5-10,15,23H,11H2,1-4H3. The van der Waals surface area contributed by atoms with Gasteiger partial charge >= 0.3 is 6.18 Å². The van der Waals surface area contributed by atoms with Crippen LogP contribution in [-0.2, 0) is 10.0 Å². The lowest BCUT2D eigenvalue weighted by atomic mass is 10.1. The molecule has 1 aromatic heterocycles. The van der Waals surface area contributed by atoms with Gasteiger partial charge in [-0.1, -0.05) is 23.8 Å². The number of aryl methyl sites for hydroxylation is 3. The number of alkyl halides is 3. The summed E-state index contributed by atoms with van der Waals surface area (Å²) < 4.78 is 67.9. The van der Waals surface area contributed by atoms with Crippen molar-refractivity contribution in [1.29, 1.82) is 0 Å². The van der Waals surface area contributed by atoms with Crippen molar-refractivity contribution < 1.29 is 21.6 Å². The minimum atomic E-state index is -4.76. The molecule has 0 saturated carbocycles. The van der Waals surface area contributed by atoms with E-state index in [1.807, 2.05) is 4.72 Å². The van der Waals surface area contributed by atoms with Crippen molar-refractivity contribution in [3.05, 3.63) is 53.2 Å². The number of nitrogens with zero attached hydrogens (tertiary/aromatic N) is 2. The van der Waals surface area contributed by atoms with Crippen LogP contribution in [0.1, 0.15) is 16.7 Å². The maximum absolute atomic E-state index is 13.5. The van der Waals surface area contributed by atoms with Crippen molar-refractivity contribution in [2.45, 2.75) is 37.9 Å². The van der Waals surface area contributed by atoms with Crippen molar-refractivity contribution >= 4 is 15.8 Å². The quantitative estimate of drug-likeness (QED) is 0.806. The largest absolute Gasteiger partial charge is 0.406 e. The van der Waals surface area contributed by atoms with Gasteiger partial charge in [-0.05, 0) is 44.0 Å². The second-order valence-electron chi connectivity index (χ2n) is 6.51. The molecule has 2 aromatic rings. The molecule has 148 valence electrons. The summed E-state index contributed by atoms with van der Waals surface area (Å²) in [6.45, 7) is 4.32. The molecular weight excluding hydrogens is 379 g/mol. The lowest BCUT2D eigenvalue weighted by Crippen LogP contribution is -2.51. The van der Waals surface area contributed by atoms with Crippen LogP contribution in [-0.4, -0.2) is 39.2 Å². The van der Waals surface area contributed by atoms with E-state index in [4.69, 9.17) is 0 Å². The number of hydrogen-bond donors (Lipinski definition) is 1. The predicted molar refractivity (Wildman–Crippen MR) is 98.3 cm³/mol. The maximum atomic E-state index is 13.5. The Balaban J connectivity index is 2.34. The van der Waals surface area contributed by atoms with Gasteiger partial charge in [-0.15, -0.1) is 0 Å². The van der Waals surface area contributed by atoms with Crippen LogP contribution in [0.2, 0.25) is 0 Å².